The fourth-order valence-corrected chi connectivity index (χ4v) is 4.01. The summed E-state index contributed by atoms with van der Waals surface area (Å²) in [5, 5.41) is 3.98. The molecule has 0 radical (unpaired) electrons. The first-order valence-electron chi connectivity index (χ1n) is 6.91. The minimum Gasteiger partial charge on any atom is -0.311 e. The number of benzene rings is 1. The normalized spacial score (nSPS) is 16.1. The molecule has 3 heterocycles. The highest BCUT2D eigenvalue weighted by atomic mass is 79.9. The average molecular weight is 405 g/mol. The largest absolute Gasteiger partial charge is 0.311 e. The Morgan fingerprint density at radius 1 is 1.21 bits per heavy atom. The van der Waals surface area contributed by atoms with Crippen LogP contribution in [0.3, 0.4) is 0 Å². The second-order valence-corrected chi connectivity index (χ2v) is 7.23. The zero-order valence-electron chi connectivity index (χ0n) is 12.5. The summed E-state index contributed by atoms with van der Waals surface area (Å²) < 4.78 is 2.11. The third kappa shape index (κ3) is 1.98. The van der Waals surface area contributed by atoms with Crippen LogP contribution >= 0.6 is 27.3 Å². The number of anilines is 1. The maximum Gasteiger partial charge on any atom is 0.295 e. The summed E-state index contributed by atoms with van der Waals surface area (Å²) in [6, 6.07) is 5.44. The second kappa shape index (κ2) is 5.05. The lowest BCUT2D eigenvalue weighted by Gasteiger charge is -2.08. The van der Waals surface area contributed by atoms with Gasteiger partial charge in [0.2, 0.25) is 4.96 Å². The highest BCUT2D eigenvalue weighted by molar-refractivity contribution is 9.10. The molecule has 0 saturated carbocycles. The van der Waals surface area contributed by atoms with E-state index in [-0.39, 0.29) is 21.1 Å². The Bertz CT molecular complexity index is 1210. The van der Waals surface area contributed by atoms with Gasteiger partial charge in [-0.3, -0.25) is 14.4 Å². The topological polar surface area (TPSA) is 84.6 Å². The fourth-order valence-electron chi connectivity index (χ4n) is 2.65. The van der Waals surface area contributed by atoms with Gasteiger partial charge in [0.25, 0.3) is 17.0 Å². The van der Waals surface area contributed by atoms with Crippen LogP contribution in [-0.2, 0) is 4.79 Å². The van der Waals surface area contributed by atoms with Gasteiger partial charge in [-0.1, -0.05) is 27.3 Å². The molecular formula is C15H9BrN4O3S. The van der Waals surface area contributed by atoms with E-state index in [4.69, 9.17) is 0 Å². The Hall–Kier alpha value is -2.39. The van der Waals surface area contributed by atoms with Crippen molar-refractivity contribution in [3.05, 3.63) is 59.2 Å². The van der Waals surface area contributed by atoms with Gasteiger partial charge in [-0.05, 0) is 25.1 Å². The quantitative estimate of drug-likeness (QED) is 0.543. The Morgan fingerprint density at radius 3 is 2.71 bits per heavy atom. The maximum absolute atomic E-state index is 12.7. The lowest BCUT2D eigenvalue weighted by atomic mass is 10.1. The van der Waals surface area contributed by atoms with Crippen molar-refractivity contribution in [2.45, 2.75) is 6.92 Å². The number of fused-ring (bicyclic) bond motifs is 2. The van der Waals surface area contributed by atoms with Crippen molar-refractivity contribution in [3.8, 4) is 0 Å². The van der Waals surface area contributed by atoms with E-state index in [2.05, 4.69) is 26.0 Å². The van der Waals surface area contributed by atoms with E-state index in [9.17, 15) is 14.4 Å². The second-order valence-electron chi connectivity index (χ2n) is 5.33. The van der Waals surface area contributed by atoms with Crippen molar-refractivity contribution in [3.63, 3.8) is 0 Å². The molecule has 7 nitrogen and oxygen atoms in total. The SMILES string of the molecule is Cc1nn2c(=O)/c(=C3/C(=O)N(C)c4ccc(Br)cc43)sc2nc1=O. The van der Waals surface area contributed by atoms with Gasteiger partial charge in [-0.25, -0.2) is 0 Å². The van der Waals surface area contributed by atoms with Gasteiger partial charge in [0.1, 0.15) is 10.2 Å². The van der Waals surface area contributed by atoms with Crippen molar-refractivity contribution >= 4 is 49.4 Å². The predicted octanol–water partition coefficient (Wildman–Crippen LogP) is 0.476. The Morgan fingerprint density at radius 2 is 1.96 bits per heavy atom. The van der Waals surface area contributed by atoms with Crippen molar-refractivity contribution in [1.29, 1.82) is 0 Å². The van der Waals surface area contributed by atoms with Gasteiger partial charge in [-0.2, -0.15) is 14.6 Å². The lowest BCUT2D eigenvalue weighted by molar-refractivity contribution is -0.112. The molecule has 0 fully saturated rings. The van der Waals surface area contributed by atoms with Crippen molar-refractivity contribution in [2.24, 2.45) is 0 Å². The highest BCUT2D eigenvalue weighted by Gasteiger charge is 2.32. The first-order valence-corrected chi connectivity index (χ1v) is 8.52. The van der Waals surface area contributed by atoms with Crippen LogP contribution in [0.1, 0.15) is 11.3 Å². The van der Waals surface area contributed by atoms with Crippen molar-refractivity contribution in [2.75, 3.05) is 11.9 Å². The molecule has 120 valence electrons. The molecule has 0 N–H and O–H groups in total. The summed E-state index contributed by atoms with van der Waals surface area (Å²) in [6.45, 7) is 1.49. The summed E-state index contributed by atoms with van der Waals surface area (Å²) in [4.78, 5) is 42.6. The summed E-state index contributed by atoms with van der Waals surface area (Å²) in [5.74, 6) is -0.272. The number of halogens is 1. The van der Waals surface area contributed by atoms with Gasteiger partial charge >= 0.3 is 0 Å². The van der Waals surface area contributed by atoms with E-state index < -0.39 is 11.1 Å². The van der Waals surface area contributed by atoms with Crippen LogP contribution in [0.2, 0.25) is 0 Å². The van der Waals surface area contributed by atoms with Crippen LogP contribution in [-0.4, -0.2) is 27.6 Å². The smallest absolute Gasteiger partial charge is 0.295 e. The number of rotatable bonds is 0. The molecule has 0 atom stereocenters. The van der Waals surface area contributed by atoms with E-state index in [1.807, 2.05) is 12.1 Å². The molecule has 1 aromatic carbocycles. The number of hydrogen-bond acceptors (Lipinski definition) is 6. The molecule has 2 aromatic heterocycles. The van der Waals surface area contributed by atoms with Crippen LogP contribution in [0.5, 0.6) is 0 Å². The number of nitrogens with zero attached hydrogens (tertiary/aromatic N) is 4. The van der Waals surface area contributed by atoms with Crippen LogP contribution in [0.4, 0.5) is 5.69 Å². The summed E-state index contributed by atoms with van der Waals surface area (Å²) in [5.41, 5.74) is 0.904. The average Bonchev–Trinajstić information content (AvgIpc) is 2.96. The minimum atomic E-state index is -0.481. The molecule has 0 saturated heterocycles. The van der Waals surface area contributed by atoms with Crippen LogP contribution < -0.4 is 20.6 Å². The summed E-state index contributed by atoms with van der Waals surface area (Å²) in [6.07, 6.45) is 0. The summed E-state index contributed by atoms with van der Waals surface area (Å²) >= 11 is 4.38. The van der Waals surface area contributed by atoms with Gasteiger partial charge in [0, 0.05) is 17.1 Å². The van der Waals surface area contributed by atoms with Crippen LogP contribution in [0.25, 0.3) is 10.5 Å². The Balaban J connectivity index is 2.19. The van der Waals surface area contributed by atoms with E-state index in [0.29, 0.717) is 11.1 Å². The predicted molar refractivity (Wildman–Crippen MR) is 93.4 cm³/mol. The monoisotopic (exact) mass is 404 g/mol. The fraction of sp³-hybridized carbons (Fsp3) is 0.133. The van der Waals surface area contributed by atoms with Gasteiger partial charge < -0.3 is 4.90 Å². The number of carbonyl (C=O) groups is 1. The molecule has 1 aliphatic rings. The third-order valence-electron chi connectivity index (χ3n) is 3.85. The third-order valence-corrected chi connectivity index (χ3v) is 5.38. The molecule has 0 aliphatic carbocycles. The molecule has 1 aliphatic heterocycles. The van der Waals surface area contributed by atoms with E-state index in [1.165, 1.54) is 11.8 Å². The molecule has 0 unspecified atom stereocenters. The number of thiazole rings is 1. The first kappa shape index (κ1) is 15.2. The molecule has 4 rings (SSSR count). The molecule has 0 spiro atoms. The zero-order valence-corrected chi connectivity index (χ0v) is 14.9. The number of likely N-dealkylation sites (N-methyl/N-ethyl adjacent to an activating group) is 1. The van der Waals surface area contributed by atoms with Crippen molar-refractivity contribution < 1.29 is 4.79 Å². The van der Waals surface area contributed by atoms with Gasteiger partial charge in [0.15, 0.2) is 0 Å². The number of carbonyl (C=O) groups excluding carboxylic acids is 1. The van der Waals surface area contributed by atoms with Crippen LogP contribution in [0, 0.1) is 6.92 Å². The van der Waals surface area contributed by atoms with Crippen molar-refractivity contribution in [1.82, 2.24) is 14.6 Å². The van der Waals surface area contributed by atoms with Gasteiger partial charge in [0.05, 0.1) is 11.3 Å². The maximum atomic E-state index is 12.7. The zero-order chi connectivity index (χ0) is 17.2. The highest BCUT2D eigenvalue weighted by Crippen LogP contribution is 2.36. The summed E-state index contributed by atoms with van der Waals surface area (Å²) in [7, 11) is 1.66. The first-order chi connectivity index (χ1) is 11.4. The molecule has 24 heavy (non-hydrogen) atoms. The molecular weight excluding hydrogens is 396 g/mol. The number of amides is 1. The molecule has 0 bridgehead atoms. The van der Waals surface area contributed by atoms with Gasteiger partial charge in [-0.15, -0.1) is 0 Å². The number of aromatic nitrogens is 3. The van der Waals surface area contributed by atoms with E-state index in [1.54, 1.807) is 13.1 Å². The Labute approximate surface area is 147 Å². The minimum absolute atomic E-state index is 0.136. The van der Waals surface area contributed by atoms with E-state index in [0.717, 1.165) is 26.0 Å². The Kier molecular flexibility index (Phi) is 3.19. The molecule has 1 amide bonds. The standard InChI is InChI=1S/C15H9BrN4O3S/c1-6-12(21)17-15-20(18-6)14(23)11(24-15)10-8-5-7(16)3-4-9(8)19(2)13(10)22/h3-5H,1-2H3/b11-10-. The lowest BCUT2D eigenvalue weighted by Crippen LogP contribution is -2.31. The molecule has 9 heteroatoms. The number of hydrogen-bond donors (Lipinski definition) is 0. The van der Waals surface area contributed by atoms with Crippen LogP contribution in [0.15, 0.2) is 32.3 Å². The molecule has 3 aromatic rings. The van der Waals surface area contributed by atoms with E-state index >= 15 is 0 Å². The number of aryl methyl sites for hydroxylation is 1.